The molecule has 0 aliphatic carbocycles. The fourth-order valence-corrected chi connectivity index (χ4v) is 3.07. The minimum Gasteiger partial charge on any atom is -0.383 e. The first kappa shape index (κ1) is 21.2. The van der Waals surface area contributed by atoms with Gasteiger partial charge in [-0.25, -0.2) is 15.0 Å². The fraction of sp³-hybridized carbons (Fsp3) is 0.211. The van der Waals surface area contributed by atoms with Gasteiger partial charge in [0.05, 0.1) is 22.6 Å². The number of hydrogen-bond acceptors (Lipinski definition) is 8. The van der Waals surface area contributed by atoms with Crippen LogP contribution in [0.4, 0.5) is 19.0 Å². The monoisotopic (exact) mass is 446 g/mol. The zero-order chi connectivity index (χ0) is 23.0. The van der Waals surface area contributed by atoms with Crippen molar-refractivity contribution in [3.8, 4) is 11.6 Å². The zero-order valence-corrected chi connectivity index (χ0v) is 16.6. The van der Waals surface area contributed by atoms with Crippen molar-refractivity contribution in [2.75, 3.05) is 5.73 Å². The van der Waals surface area contributed by atoms with Crippen LogP contribution in [0.3, 0.4) is 0 Å². The number of fused-ring (bicyclic) bond motifs is 1. The summed E-state index contributed by atoms with van der Waals surface area (Å²) in [7, 11) is 0. The molecule has 166 valence electrons. The van der Waals surface area contributed by atoms with Crippen molar-refractivity contribution >= 4 is 22.8 Å². The number of H-pyrrole nitrogens is 1. The number of amides is 1. The van der Waals surface area contributed by atoms with E-state index in [0.29, 0.717) is 16.8 Å². The Morgan fingerprint density at radius 1 is 1.28 bits per heavy atom. The van der Waals surface area contributed by atoms with Crippen LogP contribution < -0.4 is 16.8 Å². The highest BCUT2D eigenvalue weighted by atomic mass is 19.4. The van der Waals surface area contributed by atoms with Crippen molar-refractivity contribution in [2.45, 2.75) is 25.7 Å². The number of carbonyl (C=O) groups is 1. The van der Waals surface area contributed by atoms with E-state index in [1.165, 1.54) is 12.1 Å². The van der Waals surface area contributed by atoms with Crippen molar-refractivity contribution in [2.24, 2.45) is 5.73 Å². The van der Waals surface area contributed by atoms with Gasteiger partial charge in [0.15, 0.2) is 5.82 Å². The standard InChI is InChI=1S/C19H17F3N8O2/c1-8(27-18(31)15-10(6-23)16(24)26-7-25-15)12-5-14(32-30-12)17-28-11-3-2-9(19(20,21)22)4-13(11)29-17/h2-5,7-8H,6,23H2,1H3,(H,27,31)(H,28,29)(H2,24,25,26)/t8-/m0/s1. The molecule has 3 aromatic heterocycles. The molecule has 6 N–H and O–H groups in total. The lowest BCUT2D eigenvalue weighted by Gasteiger charge is -2.12. The van der Waals surface area contributed by atoms with Crippen LogP contribution in [0.1, 0.15) is 40.3 Å². The van der Waals surface area contributed by atoms with Gasteiger partial charge in [0.1, 0.15) is 23.5 Å². The lowest BCUT2D eigenvalue weighted by Crippen LogP contribution is -2.29. The van der Waals surface area contributed by atoms with Crippen LogP contribution in [0.2, 0.25) is 0 Å². The van der Waals surface area contributed by atoms with Crippen LogP contribution in [-0.4, -0.2) is 31.0 Å². The summed E-state index contributed by atoms with van der Waals surface area (Å²) >= 11 is 0. The van der Waals surface area contributed by atoms with Crippen LogP contribution in [-0.2, 0) is 12.7 Å². The Morgan fingerprint density at radius 3 is 2.78 bits per heavy atom. The molecule has 0 unspecified atom stereocenters. The highest BCUT2D eigenvalue weighted by molar-refractivity contribution is 5.94. The number of halogens is 3. The molecular formula is C19H17F3N8O2. The number of benzene rings is 1. The number of imidazole rings is 1. The topological polar surface area (TPSA) is 162 Å². The van der Waals surface area contributed by atoms with Crippen LogP contribution >= 0.6 is 0 Å². The van der Waals surface area contributed by atoms with E-state index in [9.17, 15) is 18.0 Å². The van der Waals surface area contributed by atoms with Gasteiger partial charge in [0.25, 0.3) is 5.91 Å². The van der Waals surface area contributed by atoms with Gasteiger partial charge in [0.2, 0.25) is 5.76 Å². The SMILES string of the molecule is C[C@H](NC(=O)c1ncnc(N)c1CN)c1cc(-c2nc3ccc(C(F)(F)F)cc3[nH]2)on1. The molecule has 0 saturated carbocycles. The Kier molecular flexibility index (Phi) is 5.26. The third-order valence-corrected chi connectivity index (χ3v) is 4.76. The number of alkyl halides is 3. The maximum absolute atomic E-state index is 12.9. The van der Waals surface area contributed by atoms with Gasteiger partial charge < -0.3 is 26.3 Å². The molecule has 0 aliphatic rings. The Labute approximate surface area is 178 Å². The molecule has 0 bridgehead atoms. The first-order chi connectivity index (χ1) is 15.2. The van der Waals surface area contributed by atoms with Crippen molar-refractivity contribution in [3.63, 3.8) is 0 Å². The predicted molar refractivity (Wildman–Crippen MR) is 107 cm³/mol. The molecule has 1 atom stereocenters. The number of nitrogen functional groups attached to an aromatic ring is 1. The minimum absolute atomic E-state index is 0.0139. The first-order valence-electron chi connectivity index (χ1n) is 9.31. The largest absolute Gasteiger partial charge is 0.416 e. The van der Waals surface area contributed by atoms with Gasteiger partial charge in [-0.1, -0.05) is 5.16 Å². The maximum Gasteiger partial charge on any atom is 0.416 e. The third-order valence-electron chi connectivity index (χ3n) is 4.76. The molecule has 13 heteroatoms. The molecule has 0 radical (unpaired) electrons. The number of anilines is 1. The normalized spacial score (nSPS) is 12.8. The molecule has 0 spiro atoms. The van der Waals surface area contributed by atoms with Crippen molar-refractivity contribution in [1.29, 1.82) is 0 Å². The summed E-state index contributed by atoms with van der Waals surface area (Å²) in [6.07, 6.45) is -3.31. The molecule has 1 aromatic carbocycles. The summed E-state index contributed by atoms with van der Waals surface area (Å²) in [5, 5.41) is 6.63. The van der Waals surface area contributed by atoms with Crippen molar-refractivity contribution in [1.82, 2.24) is 30.4 Å². The zero-order valence-electron chi connectivity index (χ0n) is 16.6. The summed E-state index contributed by atoms with van der Waals surface area (Å²) in [6, 6.07) is 4.11. The van der Waals surface area contributed by atoms with Gasteiger partial charge in [0, 0.05) is 18.2 Å². The molecule has 0 aliphatic heterocycles. The highest BCUT2D eigenvalue weighted by Gasteiger charge is 2.31. The summed E-state index contributed by atoms with van der Waals surface area (Å²) in [4.78, 5) is 27.4. The first-order valence-corrected chi connectivity index (χ1v) is 9.31. The van der Waals surface area contributed by atoms with E-state index < -0.39 is 23.7 Å². The lowest BCUT2D eigenvalue weighted by atomic mass is 10.1. The maximum atomic E-state index is 12.9. The van der Waals surface area contributed by atoms with Gasteiger partial charge in [-0.2, -0.15) is 13.2 Å². The molecule has 0 saturated heterocycles. The van der Waals surface area contributed by atoms with E-state index in [1.54, 1.807) is 6.92 Å². The van der Waals surface area contributed by atoms with E-state index in [4.69, 9.17) is 16.0 Å². The number of hydrogen-bond donors (Lipinski definition) is 4. The summed E-state index contributed by atoms with van der Waals surface area (Å²) < 4.78 is 44.0. The number of nitrogens with two attached hydrogens (primary N) is 2. The Morgan fingerprint density at radius 2 is 2.06 bits per heavy atom. The number of aromatic amines is 1. The molecule has 10 nitrogen and oxygen atoms in total. The number of carbonyl (C=O) groups excluding carboxylic acids is 1. The summed E-state index contributed by atoms with van der Waals surface area (Å²) in [5.74, 6) is -0.0204. The van der Waals surface area contributed by atoms with Crippen molar-refractivity contribution in [3.05, 3.63) is 53.1 Å². The van der Waals surface area contributed by atoms with Gasteiger partial charge in [-0.3, -0.25) is 4.79 Å². The molecule has 1 amide bonds. The molecule has 32 heavy (non-hydrogen) atoms. The van der Waals surface area contributed by atoms with E-state index in [1.807, 2.05) is 0 Å². The van der Waals surface area contributed by atoms with Crippen LogP contribution in [0.15, 0.2) is 35.1 Å². The van der Waals surface area contributed by atoms with E-state index in [0.717, 1.165) is 18.5 Å². The molecule has 4 aromatic rings. The molecule has 0 fully saturated rings. The Hall–Kier alpha value is -4.00. The minimum atomic E-state index is -4.47. The van der Waals surface area contributed by atoms with E-state index in [2.05, 4.69) is 30.4 Å². The smallest absolute Gasteiger partial charge is 0.383 e. The molecular weight excluding hydrogens is 429 g/mol. The van der Waals surface area contributed by atoms with Crippen molar-refractivity contribution < 1.29 is 22.5 Å². The molecule has 3 heterocycles. The number of nitrogens with zero attached hydrogens (tertiary/aromatic N) is 4. The number of rotatable bonds is 5. The number of aromatic nitrogens is 5. The van der Waals surface area contributed by atoms with Gasteiger partial charge in [-0.15, -0.1) is 0 Å². The third kappa shape index (κ3) is 3.97. The lowest BCUT2D eigenvalue weighted by molar-refractivity contribution is -0.137. The second kappa shape index (κ2) is 7.92. The second-order valence-corrected chi connectivity index (χ2v) is 6.92. The summed E-state index contributed by atoms with van der Waals surface area (Å²) in [6.45, 7) is 1.65. The highest BCUT2D eigenvalue weighted by Crippen LogP contribution is 2.32. The van der Waals surface area contributed by atoms with E-state index in [-0.39, 0.29) is 35.2 Å². The van der Waals surface area contributed by atoms with Crippen LogP contribution in [0, 0.1) is 0 Å². The van der Waals surface area contributed by atoms with E-state index >= 15 is 0 Å². The number of nitrogens with one attached hydrogen (secondary N) is 2. The quantitative estimate of drug-likeness (QED) is 0.364. The fourth-order valence-electron chi connectivity index (χ4n) is 3.07. The average molecular weight is 446 g/mol. The average Bonchev–Trinajstić information content (AvgIpc) is 3.39. The van der Waals surface area contributed by atoms with Gasteiger partial charge in [-0.05, 0) is 25.1 Å². The Bertz CT molecular complexity index is 1300. The van der Waals surface area contributed by atoms with Gasteiger partial charge >= 0.3 is 6.18 Å². The second-order valence-electron chi connectivity index (χ2n) is 6.92. The Balaban J connectivity index is 1.55. The van der Waals surface area contributed by atoms with Crippen LogP contribution in [0.5, 0.6) is 0 Å². The van der Waals surface area contributed by atoms with Crippen LogP contribution in [0.25, 0.3) is 22.6 Å². The summed E-state index contributed by atoms with van der Waals surface area (Å²) in [5.41, 5.74) is 11.8. The molecule has 4 rings (SSSR count). The predicted octanol–water partition coefficient (Wildman–Crippen LogP) is 2.56.